The molecule has 0 aliphatic rings. The normalized spacial score (nSPS) is 10.3. The van der Waals surface area contributed by atoms with Gasteiger partial charge < -0.3 is 3.83 Å². The Morgan fingerprint density at radius 2 is 1.23 bits per heavy atom. The minimum absolute atomic E-state index is 0.762. The van der Waals surface area contributed by atoms with E-state index in [1.54, 1.807) is 0 Å². The quantitative estimate of drug-likeness (QED) is 0.581. The van der Waals surface area contributed by atoms with Gasteiger partial charge in [-0.2, -0.15) is 0 Å². The summed E-state index contributed by atoms with van der Waals surface area (Å²) in [5.41, 5.74) is 2.24. The Morgan fingerprint density at radius 3 is 1.54 bits per heavy atom. The highest BCUT2D eigenvalue weighted by Crippen LogP contribution is 2.43. The van der Waals surface area contributed by atoms with E-state index >= 15 is 0 Å². The van der Waals surface area contributed by atoms with Crippen molar-refractivity contribution in [3.63, 3.8) is 0 Å². The van der Waals surface area contributed by atoms with Crippen molar-refractivity contribution in [1.29, 1.82) is 0 Å². The van der Waals surface area contributed by atoms with Crippen molar-refractivity contribution in [2.75, 3.05) is 0 Å². The Kier molecular flexibility index (Phi) is 4.29. The van der Waals surface area contributed by atoms with E-state index in [9.17, 15) is 0 Å². The molecular formula is C8H6Br4O. The Labute approximate surface area is 111 Å². The van der Waals surface area contributed by atoms with Crippen LogP contribution in [0, 0.1) is 13.8 Å². The molecule has 0 aromatic heterocycles. The predicted molar refractivity (Wildman–Crippen MR) is 68.6 cm³/mol. The fraction of sp³-hybridized carbons (Fsp3) is 0.250. The maximum absolute atomic E-state index is 5.09. The number of benzene rings is 1. The summed E-state index contributed by atoms with van der Waals surface area (Å²) in [7, 11) is 0. The van der Waals surface area contributed by atoms with Gasteiger partial charge in [0.05, 0.1) is 8.95 Å². The van der Waals surface area contributed by atoms with Gasteiger partial charge in [-0.15, -0.1) is 0 Å². The summed E-state index contributed by atoms with van der Waals surface area (Å²) in [6.07, 6.45) is 0. The molecule has 0 saturated carbocycles. The molecule has 0 amide bonds. The predicted octanol–water partition coefficient (Wildman–Crippen LogP) is 5.28. The maximum atomic E-state index is 5.09. The third kappa shape index (κ3) is 2.13. The molecule has 1 aromatic rings. The van der Waals surface area contributed by atoms with Gasteiger partial charge in [-0.25, -0.2) is 0 Å². The van der Waals surface area contributed by atoms with Crippen molar-refractivity contribution < 1.29 is 3.83 Å². The lowest BCUT2D eigenvalue weighted by atomic mass is 10.1. The summed E-state index contributed by atoms with van der Waals surface area (Å²) in [5, 5.41) is 0. The van der Waals surface area contributed by atoms with Crippen LogP contribution >= 0.6 is 64.0 Å². The first kappa shape index (κ1) is 12.0. The molecule has 0 N–H and O–H groups in total. The Morgan fingerprint density at radius 1 is 0.846 bits per heavy atom. The second-order valence-corrected chi connectivity index (χ2v) is 5.30. The molecular weight excluding hydrogens is 432 g/mol. The van der Waals surface area contributed by atoms with Crippen molar-refractivity contribution in [2.24, 2.45) is 0 Å². The summed E-state index contributed by atoms with van der Waals surface area (Å²) in [4.78, 5) is 0. The van der Waals surface area contributed by atoms with Crippen LogP contribution in [0.3, 0.4) is 0 Å². The molecule has 1 aromatic carbocycles. The van der Waals surface area contributed by atoms with Crippen molar-refractivity contribution >= 4 is 64.0 Å². The Hall–Kier alpha value is 0.940. The summed E-state index contributed by atoms with van der Waals surface area (Å²) in [5.74, 6) is 0.762. The van der Waals surface area contributed by atoms with E-state index in [0.29, 0.717) is 0 Å². The molecule has 0 spiro atoms. The minimum atomic E-state index is 0.762. The van der Waals surface area contributed by atoms with E-state index in [0.717, 1.165) is 30.3 Å². The highest BCUT2D eigenvalue weighted by atomic mass is 79.9. The molecule has 13 heavy (non-hydrogen) atoms. The molecule has 0 bridgehead atoms. The molecule has 0 unspecified atom stereocenters. The average Bonchev–Trinajstić information content (AvgIpc) is 2.13. The first-order valence-corrected chi connectivity index (χ1v) is 6.45. The van der Waals surface area contributed by atoms with Gasteiger partial charge in [-0.3, -0.25) is 0 Å². The lowest BCUT2D eigenvalue weighted by molar-refractivity contribution is 0.665. The zero-order chi connectivity index (χ0) is 10.2. The van der Waals surface area contributed by atoms with E-state index in [1.165, 1.54) is 0 Å². The number of hydrogen-bond donors (Lipinski definition) is 0. The van der Waals surface area contributed by atoms with Crippen molar-refractivity contribution in [3.05, 3.63) is 24.5 Å². The monoisotopic (exact) mass is 434 g/mol. The molecule has 0 aliphatic heterocycles. The van der Waals surface area contributed by atoms with Crippen LogP contribution in [-0.2, 0) is 0 Å². The number of hydrogen-bond acceptors (Lipinski definition) is 1. The third-order valence-electron chi connectivity index (χ3n) is 1.79. The summed E-state index contributed by atoms with van der Waals surface area (Å²) < 4.78 is 8.05. The second kappa shape index (κ2) is 4.64. The lowest BCUT2D eigenvalue weighted by Crippen LogP contribution is -1.90. The van der Waals surface area contributed by atoms with Crippen LogP contribution < -0.4 is 3.83 Å². The molecule has 1 nitrogen and oxygen atoms in total. The zero-order valence-electron chi connectivity index (χ0n) is 6.92. The Balaban J connectivity index is 3.56. The molecule has 0 saturated heterocycles. The molecule has 0 aliphatic carbocycles. The van der Waals surface area contributed by atoms with E-state index in [4.69, 9.17) is 3.83 Å². The van der Waals surface area contributed by atoms with Gasteiger partial charge in [0, 0.05) is 4.47 Å². The van der Waals surface area contributed by atoms with E-state index in [2.05, 4.69) is 64.0 Å². The number of rotatable bonds is 1. The van der Waals surface area contributed by atoms with Gasteiger partial charge in [0.2, 0.25) is 0 Å². The maximum Gasteiger partial charge on any atom is 0.179 e. The van der Waals surface area contributed by atoms with Gasteiger partial charge >= 0.3 is 0 Å². The zero-order valence-corrected chi connectivity index (χ0v) is 13.3. The van der Waals surface area contributed by atoms with Crippen molar-refractivity contribution in [2.45, 2.75) is 13.8 Å². The molecule has 0 fully saturated rings. The van der Waals surface area contributed by atoms with Crippen LogP contribution in [0.1, 0.15) is 11.1 Å². The van der Waals surface area contributed by atoms with Crippen LogP contribution in [0.15, 0.2) is 13.4 Å². The molecule has 0 heterocycles. The van der Waals surface area contributed by atoms with E-state index in [-0.39, 0.29) is 0 Å². The van der Waals surface area contributed by atoms with E-state index < -0.39 is 0 Å². The van der Waals surface area contributed by atoms with Crippen LogP contribution in [0.4, 0.5) is 0 Å². The summed E-state index contributed by atoms with van der Waals surface area (Å²) in [6, 6.07) is 0. The molecule has 1 rings (SSSR count). The second-order valence-electron chi connectivity index (χ2n) is 2.60. The van der Waals surface area contributed by atoms with Crippen LogP contribution in [0.2, 0.25) is 0 Å². The van der Waals surface area contributed by atoms with Crippen molar-refractivity contribution in [3.8, 4) is 5.75 Å². The van der Waals surface area contributed by atoms with E-state index in [1.807, 2.05) is 13.8 Å². The standard InChI is InChI=1S/C8H6Br4O/c1-3-5(9)4(2)7(11)8(13-12)6(3)10/h1-2H3. The van der Waals surface area contributed by atoms with Gasteiger partial charge in [0.1, 0.15) is 0 Å². The van der Waals surface area contributed by atoms with Crippen LogP contribution in [0.5, 0.6) is 5.75 Å². The molecule has 0 atom stereocenters. The highest BCUT2D eigenvalue weighted by molar-refractivity contribution is 9.11. The average molecular weight is 438 g/mol. The smallest absolute Gasteiger partial charge is 0.179 e. The summed E-state index contributed by atoms with van der Waals surface area (Å²) in [6.45, 7) is 4.03. The topological polar surface area (TPSA) is 9.23 Å². The number of halogens is 4. The molecule has 5 heteroatoms. The largest absolute Gasteiger partial charge is 0.416 e. The Bertz CT molecular complexity index is 319. The lowest BCUT2D eigenvalue weighted by Gasteiger charge is -2.12. The molecule has 0 radical (unpaired) electrons. The SMILES string of the molecule is Cc1c(Br)c(C)c(Br)c(OBr)c1Br. The first-order chi connectivity index (χ1) is 6.00. The van der Waals surface area contributed by atoms with Gasteiger partial charge in [0.15, 0.2) is 22.0 Å². The van der Waals surface area contributed by atoms with Crippen molar-refractivity contribution in [1.82, 2.24) is 0 Å². The van der Waals surface area contributed by atoms with Gasteiger partial charge in [0.25, 0.3) is 0 Å². The highest BCUT2D eigenvalue weighted by Gasteiger charge is 2.16. The summed E-state index contributed by atoms with van der Waals surface area (Å²) >= 11 is 13.4. The fourth-order valence-corrected chi connectivity index (χ4v) is 3.89. The van der Waals surface area contributed by atoms with Gasteiger partial charge in [-0.1, -0.05) is 15.9 Å². The van der Waals surface area contributed by atoms with Gasteiger partial charge in [-0.05, 0) is 56.8 Å². The fourth-order valence-electron chi connectivity index (χ4n) is 0.979. The van der Waals surface area contributed by atoms with Crippen LogP contribution in [-0.4, -0.2) is 0 Å². The molecule has 72 valence electrons. The third-order valence-corrected chi connectivity index (χ3v) is 5.22. The van der Waals surface area contributed by atoms with Crippen LogP contribution in [0.25, 0.3) is 0 Å². The minimum Gasteiger partial charge on any atom is -0.416 e. The first-order valence-electron chi connectivity index (χ1n) is 3.43.